The number of nitrogens with zero attached hydrogens (tertiary/aromatic N) is 2. The van der Waals surface area contributed by atoms with Crippen LogP contribution in [0, 0.1) is 0 Å². The van der Waals surface area contributed by atoms with Crippen molar-refractivity contribution in [3.05, 3.63) is 30.2 Å². The lowest BCUT2D eigenvalue weighted by Gasteiger charge is -2.05. The Balaban J connectivity index is 1.77. The topological polar surface area (TPSA) is 60.2 Å². The zero-order valence-corrected chi connectivity index (χ0v) is 10.9. The molecule has 0 unspecified atom stereocenters. The molecule has 19 heavy (non-hydrogen) atoms. The van der Waals surface area contributed by atoms with Crippen molar-refractivity contribution in [2.75, 3.05) is 6.61 Å². The number of nitrogens with one attached hydrogen (secondary N) is 1. The van der Waals surface area contributed by atoms with E-state index < -0.39 is 0 Å². The van der Waals surface area contributed by atoms with Gasteiger partial charge in [-0.3, -0.25) is 0 Å². The maximum atomic E-state index is 5.57. The number of rotatable bonds is 6. The lowest BCUT2D eigenvalue weighted by Crippen LogP contribution is -2.15. The summed E-state index contributed by atoms with van der Waals surface area (Å²) < 4.78 is 10.8. The Morgan fingerprint density at radius 1 is 1.37 bits per heavy atom. The van der Waals surface area contributed by atoms with E-state index in [9.17, 15) is 0 Å². The van der Waals surface area contributed by atoms with E-state index in [1.54, 1.807) is 0 Å². The van der Waals surface area contributed by atoms with Gasteiger partial charge < -0.3 is 14.6 Å². The second-order valence-corrected chi connectivity index (χ2v) is 4.60. The van der Waals surface area contributed by atoms with Crippen molar-refractivity contribution in [1.29, 1.82) is 0 Å². The number of hydrogen-bond acceptors (Lipinski definition) is 5. The van der Waals surface area contributed by atoms with E-state index in [1.807, 2.05) is 31.2 Å². The molecule has 0 radical (unpaired) electrons. The van der Waals surface area contributed by atoms with Gasteiger partial charge in [0.1, 0.15) is 5.75 Å². The Bertz CT molecular complexity index is 549. The number of para-hydroxylation sites is 1. The van der Waals surface area contributed by atoms with Gasteiger partial charge >= 0.3 is 0 Å². The van der Waals surface area contributed by atoms with Crippen LogP contribution < -0.4 is 10.1 Å². The highest BCUT2D eigenvalue weighted by atomic mass is 16.5. The number of benzene rings is 1. The van der Waals surface area contributed by atoms with E-state index in [0.717, 1.165) is 11.3 Å². The summed E-state index contributed by atoms with van der Waals surface area (Å²) >= 11 is 0. The molecule has 1 aliphatic carbocycles. The molecular formula is C14H17N3O2. The molecule has 0 atom stereocenters. The molecule has 1 heterocycles. The summed E-state index contributed by atoms with van der Waals surface area (Å²) in [6.07, 6.45) is 2.49. The summed E-state index contributed by atoms with van der Waals surface area (Å²) in [6.45, 7) is 3.21. The SMILES string of the molecule is CCOc1ccccc1-c1noc(CNC2CC2)n1. The summed E-state index contributed by atoms with van der Waals surface area (Å²) in [5, 5.41) is 7.37. The maximum absolute atomic E-state index is 5.57. The lowest BCUT2D eigenvalue weighted by molar-refractivity contribution is 0.340. The summed E-state index contributed by atoms with van der Waals surface area (Å²) in [4.78, 5) is 4.40. The molecule has 2 aromatic rings. The molecule has 1 fully saturated rings. The minimum absolute atomic E-state index is 0.580. The first-order valence-electron chi connectivity index (χ1n) is 6.65. The number of aromatic nitrogens is 2. The van der Waals surface area contributed by atoms with Crippen molar-refractivity contribution < 1.29 is 9.26 Å². The fraction of sp³-hybridized carbons (Fsp3) is 0.429. The Morgan fingerprint density at radius 2 is 2.21 bits per heavy atom. The summed E-state index contributed by atoms with van der Waals surface area (Å²) in [5.74, 6) is 1.98. The maximum Gasteiger partial charge on any atom is 0.240 e. The van der Waals surface area contributed by atoms with E-state index >= 15 is 0 Å². The zero-order chi connectivity index (χ0) is 13.1. The minimum Gasteiger partial charge on any atom is -0.493 e. The molecule has 0 saturated heterocycles. The van der Waals surface area contributed by atoms with Gasteiger partial charge in [0.25, 0.3) is 0 Å². The molecule has 0 bridgehead atoms. The smallest absolute Gasteiger partial charge is 0.240 e. The average molecular weight is 259 g/mol. The first kappa shape index (κ1) is 12.2. The molecule has 0 amide bonds. The monoisotopic (exact) mass is 259 g/mol. The van der Waals surface area contributed by atoms with Crippen LogP contribution in [0.1, 0.15) is 25.7 Å². The lowest BCUT2D eigenvalue weighted by atomic mass is 10.2. The molecule has 100 valence electrons. The Labute approximate surface area is 112 Å². The van der Waals surface area contributed by atoms with E-state index in [2.05, 4.69) is 15.5 Å². The Hall–Kier alpha value is -1.88. The molecule has 5 heteroatoms. The van der Waals surface area contributed by atoms with Gasteiger partial charge in [-0.1, -0.05) is 17.3 Å². The molecule has 0 spiro atoms. The second-order valence-electron chi connectivity index (χ2n) is 4.60. The molecule has 1 N–H and O–H groups in total. The molecule has 5 nitrogen and oxygen atoms in total. The van der Waals surface area contributed by atoms with Gasteiger partial charge in [0, 0.05) is 6.04 Å². The fourth-order valence-electron chi connectivity index (χ4n) is 1.89. The number of ether oxygens (including phenoxy) is 1. The van der Waals surface area contributed by atoms with Crippen LogP contribution in [0.3, 0.4) is 0 Å². The Morgan fingerprint density at radius 3 is 3.00 bits per heavy atom. The van der Waals surface area contributed by atoms with Gasteiger partial charge in [0.2, 0.25) is 11.7 Å². The van der Waals surface area contributed by atoms with Gasteiger partial charge in [0.15, 0.2) is 0 Å². The van der Waals surface area contributed by atoms with Crippen LogP contribution >= 0.6 is 0 Å². The van der Waals surface area contributed by atoms with Gasteiger partial charge in [0.05, 0.1) is 18.7 Å². The van der Waals surface area contributed by atoms with E-state index in [0.29, 0.717) is 30.9 Å². The van der Waals surface area contributed by atoms with Crippen molar-refractivity contribution >= 4 is 0 Å². The van der Waals surface area contributed by atoms with Gasteiger partial charge in [-0.05, 0) is 31.9 Å². The normalized spacial score (nSPS) is 14.6. The molecule has 1 aliphatic rings. The highest BCUT2D eigenvalue weighted by molar-refractivity contribution is 5.63. The van der Waals surface area contributed by atoms with Gasteiger partial charge in [-0.2, -0.15) is 4.98 Å². The van der Waals surface area contributed by atoms with Crippen molar-refractivity contribution in [3.8, 4) is 17.1 Å². The van der Waals surface area contributed by atoms with E-state index in [-0.39, 0.29) is 0 Å². The van der Waals surface area contributed by atoms with Gasteiger partial charge in [-0.25, -0.2) is 0 Å². The third-order valence-corrected chi connectivity index (χ3v) is 3.02. The summed E-state index contributed by atoms with van der Waals surface area (Å²) in [6, 6.07) is 8.36. The number of hydrogen-bond donors (Lipinski definition) is 1. The highest BCUT2D eigenvalue weighted by Crippen LogP contribution is 2.27. The highest BCUT2D eigenvalue weighted by Gasteiger charge is 2.21. The standard InChI is InChI=1S/C14H17N3O2/c1-2-18-12-6-4-3-5-11(12)14-16-13(19-17-14)9-15-10-7-8-10/h3-6,10,15H,2,7-9H2,1H3. The third kappa shape index (κ3) is 2.93. The molecular weight excluding hydrogens is 242 g/mol. The molecule has 0 aliphatic heterocycles. The first-order chi connectivity index (χ1) is 9.36. The minimum atomic E-state index is 0.580. The first-order valence-corrected chi connectivity index (χ1v) is 6.65. The third-order valence-electron chi connectivity index (χ3n) is 3.02. The van der Waals surface area contributed by atoms with Crippen molar-refractivity contribution in [3.63, 3.8) is 0 Å². The van der Waals surface area contributed by atoms with Crippen molar-refractivity contribution in [2.45, 2.75) is 32.4 Å². The van der Waals surface area contributed by atoms with Crippen LogP contribution in [-0.4, -0.2) is 22.8 Å². The molecule has 3 rings (SSSR count). The quantitative estimate of drug-likeness (QED) is 0.863. The molecule has 1 aromatic heterocycles. The van der Waals surface area contributed by atoms with Crippen LogP contribution in [0.4, 0.5) is 0 Å². The largest absolute Gasteiger partial charge is 0.493 e. The van der Waals surface area contributed by atoms with Crippen molar-refractivity contribution in [2.24, 2.45) is 0 Å². The van der Waals surface area contributed by atoms with Crippen LogP contribution in [0.5, 0.6) is 5.75 Å². The summed E-state index contributed by atoms with van der Waals surface area (Å²) in [5.41, 5.74) is 0.866. The van der Waals surface area contributed by atoms with Gasteiger partial charge in [-0.15, -0.1) is 0 Å². The Kier molecular flexibility index (Phi) is 3.46. The van der Waals surface area contributed by atoms with Crippen LogP contribution in [0.2, 0.25) is 0 Å². The predicted octanol–water partition coefficient (Wildman–Crippen LogP) is 2.39. The van der Waals surface area contributed by atoms with Crippen molar-refractivity contribution in [1.82, 2.24) is 15.5 Å². The average Bonchev–Trinajstić information content (AvgIpc) is 3.15. The van der Waals surface area contributed by atoms with E-state index in [4.69, 9.17) is 9.26 Å². The predicted molar refractivity (Wildman–Crippen MR) is 70.8 cm³/mol. The zero-order valence-electron chi connectivity index (χ0n) is 10.9. The molecule has 1 saturated carbocycles. The second kappa shape index (κ2) is 5.40. The summed E-state index contributed by atoms with van der Waals surface area (Å²) in [7, 11) is 0. The fourth-order valence-corrected chi connectivity index (χ4v) is 1.89. The van der Waals surface area contributed by atoms with Crippen LogP contribution in [0.25, 0.3) is 11.4 Å². The van der Waals surface area contributed by atoms with Crippen LogP contribution in [0.15, 0.2) is 28.8 Å². The molecule has 1 aromatic carbocycles. The van der Waals surface area contributed by atoms with E-state index in [1.165, 1.54) is 12.8 Å². The van der Waals surface area contributed by atoms with Crippen LogP contribution in [-0.2, 0) is 6.54 Å².